The second-order valence-corrected chi connectivity index (χ2v) is 5.85. The number of pyridine rings is 1. The van der Waals surface area contributed by atoms with E-state index in [0.717, 1.165) is 39.1 Å². The standard InChI is InChI=1S/C18H13N7/c1-11-2-3-12-6-13(4-5-15(12)23-11)17-10-20-18-19-9-16(24-25(17)18)14-7-21-22-8-14/h2-10H,1H3,(H,21,22). The van der Waals surface area contributed by atoms with E-state index in [1.54, 1.807) is 29.3 Å². The van der Waals surface area contributed by atoms with E-state index < -0.39 is 0 Å². The Morgan fingerprint density at radius 3 is 2.76 bits per heavy atom. The van der Waals surface area contributed by atoms with Gasteiger partial charge >= 0.3 is 0 Å². The van der Waals surface area contributed by atoms with Crippen molar-refractivity contribution in [3.63, 3.8) is 0 Å². The fourth-order valence-corrected chi connectivity index (χ4v) is 2.88. The number of aromatic nitrogens is 7. The van der Waals surface area contributed by atoms with Crippen molar-refractivity contribution in [2.45, 2.75) is 6.92 Å². The molecule has 5 rings (SSSR count). The van der Waals surface area contributed by atoms with Crippen LogP contribution >= 0.6 is 0 Å². The first kappa shape index (κ1) is 13.8. The second kappa shape index (κ2) is 5.20. The molecule has 7 heteroatoms. The number of benzene rings is 1. The summed E-state index contributed by atoms with van der Waals surface area (Å²) >= 11 is 0. The molecule has 0 aliphatic heterocycles. The van der Waals surface area contributed by atoms with Crippen LogP contribution in [-0.4, -0.2) is 34.8 Å². The van der Waals surface area contributed by atoms with Crippen LogP contribution in [0.5, 0.6) is 0 Å². The summed E-state index contributed by atoms with van der Waals surface area (Å²) in [6.45, 7) is 1.99. The lowest BCUT2D eigenvalue weighted by atomic mass is 10.1. The Hall–Kier alpha value is -3.61. The highest BCUT2D eigenvalue weighted by atomic mass is 15.3. The zero-order valence-corrected chi connectivity index (χ0v) is 13.4. The number of hydrogen-bond acceptors (Lipinski definition) is 5. The Kier molecular flexibility index (Phi) is 2.87. The third kappa shape index (κ3) is 2.25. The number of fused-ring (bicyclic) bond motifs is 2. The van der Waals surface area contributed by atoms with Gasteiger partial charge in [0.2, 0.25) is 0 Å². The molecule has 5 aromatic rings. The number of rotatable bonds is 2. The number of hydrogen-bond donors (Lipinski definition) is 1. The molecule has 4 heterocycles. The van der Waals surface area contributed by atoms with E-state index in [9.17, 15) is 0 Å². The van der Waals surface area contributed by atoms with E-state index in [4.69, 9.17) is 0 Å². The minimum absolute atomic E-state index is 0.560. The van der Waals surface area contributed by atoms with Crippen molar-refractivity contribution in [2.24, 2.45) is 0 Å². The lowest BCUT2D eigenvalue weighted by molar-refractivity contribution is 0.915. The average Bonchev–Trinajstić information content (AvgIpc) is 3.30. The van der Waals surface area contributed by atoms with E-state index in [-0.39, 0.29) is 0 Å². The van der Waals surface area contributed by atoms with Crippen LogP contribution in [0.25, 0.3) is 39.2 Å². The van der Waals surface area contributed by atoms with Gasteiger partial charge in [0.15, 0.2) is 0 Å². The smallest absolute Gasteiger partial charge is 0.251 e. The fraction of sp³-hybridized carbons (Fsp3) is 0.0556. The summed E-state index contributed by atoms with van der Waals surface area (Å²) in [5.74, 6) is 0.560. The van der Waals surface area contributed by atoms with Crippen molar-refractivity contribution in [3.05, 3.63) is 60.8 Å². The maximum absolute atomic E-state index is 4.66. The number of H-pyrrole nitrogens is 1. The number of aryl methyl sites for hydroxylation is 1. The van der Waals surface area contributed by atoms with E-state index in [2.05, 4.69) is 42.4 Å². The number of nitrogens with one attached hydrogen (secondary N) is 1. The highest BCUT2D eigenvalue weighted by Gasteiger charge is 2.11. The summed E-state index contributed by atoms with van der Waals surface area (Å²) in [4.78, 5) is 13.3. The molecule has 0 fully saturated rings. The van der Waals surface area contributed by atoms with Crippen LogP contribution < -0.4 is 0 Å². The average molecular weight is 327 g/mol. The molecule has 4 aromatic heterocycles. The molecule has 0 saturated carbocycles. The van der Waals surface area contributed by atoms with Crippen molar-refractivity contribution in [1.29, 1.82) is 0 Å². The van der Waals surface area contributed by atoms with Crippen LogP contribution in [-0.2, 0) is 0 Å². The normalized spacial score (nSPS) is 11.4. The molecule has 0 radical (unpaired) electrons. The van der Waals surface area contributed by atoms with E-state index in [1.165, 1.54) is 0 Å². The van der Waals surface area contributed by atoms with Gasteiger partial charge in [-0.1, -0.05) is 12.1 Å². The Labute approximate surface area is 142 Å². The molecule has 0 aliphatic carbocycles. The van der Waals surface area contributed by atoms with Crippen molar-refractivity contribution in [2.75, 3.05) is 0 Å². The van der Waals surface area contributed by atoms with Crippen LogP contribution in [0.1, 0.15) is 5.69 Å². The summed E-state index contributed by atoms with van der Waals surface area (Å²) in [7, 11) is 0. The Morgan fingerprint density at radius 1 is 0.960 bits per heavy atom. The molecule has 1 N–H and O–H groups in total. The summed E-state index contributed by atoms with van der Waals surface area (Å²) in [5.41, 5.74) is 5.50. The maximum atomic E-state index is 4.66. The Morgan fingerprint density at radius 2 is 1.88 bits per heavy atom. The van der Waals surface area contributed by atoms with Crippen molar-refractivity contribution in [1.82, 2.24) is 34.8 Å². The van der Waals surface area contributed by atoms with Gasteiger partial charge in [-0.05, 0) is 25.1 Å². The predicted octanol–water partition coefficient (Wildman–Crippen LogP) is 3.04. The SMILES string of the molecule is Cc1ccc2cc(-c3cnc4ncc(-c5cn[nH]c5)nn34)ccc2n1. The van der Waals surface area contributed by atoms with Crippen LogP contribution in [0, 0.1) is 6.92 Å². The maximum Gasteiger partial charge on any atom is 0.251 e. The highest BCUT2D eigenvalue weighted by Crippen LogP contribution is 2.25. The number of nitrogens with zero attached hydrogens (tertiary/aromatic N) is 6. The van der Waals surface area contributed by atoms with Gasteiger partial charge < -0.3 is 0 Å². The number of imidazole rings is 1. The second-order valence-electron chi connectivity index (χ2n) is 5.85. The van der Waals surface area contributed by atoms with Gasteiger partial charge in [0, 0.05) is 28.4 Å². The lowest BCUT2D eigenvalue weighted by Gasteiger charge is -2.05. The first-order valence-electron chi connectivity index (χ1n) is 7.86. The molecular weight excluding hydrogens is 314 g/mol. The van der Waals surface area contributed by atoms with Crippen LogP contribution in [0.4, 0.5) is 0 Å². The Balaban J connectivity index is 1.69. The third-order valence-electron chi connectivity index (χ3n) is 4.15. The molecular formula is C18H13N7. The van der Waals surface area contributed by atoms with E-state index in [1.807, 2.05) is 25.1 Å². The summed E-state index contributed by atoms with van der Waals surface area (Å²) < 4.78 is 1.76. The monoisotopic (exact) mass is 327 g/mol. The minimum Gasteiger partial charge on any atom is -0.285 e. The van der Waals surface area contributed by atoms with Crippen molar-refractivity contribution >= 4 is 16.7 Å². The first-order chi connectivity index (χ1) is 12.3. The largest absolute Gasteiger partial charge is 0.285 e. The molecule has 120 valence electrons. The zero-order chi connectivity index (χ0) is 16.8. The van der Waals surface area contributed by atoms with Crippen molar-refractivity contribution in [3.8, 4) is 22.5 Å². The minimum atomic E-state index is 0.560. The molecule has 0 spiro atoms. The molecule has 0 aliphatic rings. The predicted molar refractivity (Wildman–Crippen MR) is 93.8 cm³/mol. The zero-order valence-electron chi connectivity index (χ0n) is 13.4. The summed E-state index contributed by atoms with van der Waals surface area (Å²) in [6.07, 6.45) is 6.99. The van der Waals surface area contributed by atoms with E-state index in [0.29, 0.717) is 5.78 Å². The van der Waals surface area contributed by atoms with E-state index >= 15 is 0 Å². The van der Waals surface area contributed by atoms with Crippen molar-refractivity contribution < 1.29 is 0 Å². The molecule has 25 heavy (non-hydrogen) atoms. The van der Waals surface area contributed by atoms with Gasteiger partial charge in [0.1, 0.15) is 5.69 Å². The van der Waals surface area contributed by atoms with Gasteiger partial charge in [-0.3, -0.25) is 10.1 Å². The van der Waals surface area contributed by atoms with Gasteiger partial charge in [-0.2, -0.15) is 14.7 Å². The summed E-state index contributed by atoms with van der Waals surface area (Å²) in [5, 5.41) is 12.5. The van der Waals surface area contributed by atoms with Gasteiger partial charge in [-0.15, -0.1) is 0 Å². The lowest BCUT2D eigenvalue weighted by Crippen LogP contribution is -1.98. The molecule has 0 bridgehead atoms. The summed E-state index contributed by atoms with van der Waals surface area (Å²) in [6, 6.07) is 10.2. The first-order valence-corrected chi connectivity index (χ1v) is 7.86. The molecule has 1 aromatic carbocycles. The molecule has 0 amide bonds. The molecule has 0 atom stereocenters. The Bertz CT molecular complexity index is 1210. The fourth-order valence-electron chi connectivity index (χ4n) is 2.88. The van der Waals surface area contributed by atoms with Crippen LogP contribution in [0.3, 0.4) is 0 Å². The van der Waals surface area contributed by atoms with Gasteiger partial charge in [0.25, 0.3) is 5.78 Å². The highest BCUT2D eigenvalue weighted by molar-refractivity contribution is 5.84. The molecule has 0 unspecified atom stereocenters. The topological polar surface area (TPSA) is 84.6 Å². The molecule has 0 saturated heterocycles. The van der Waals surface area contributed by atoms with Crippen LogP contribution in [0.2, 0.25) is 0 Å². The molecule has 7 nitrogen and oxygen atoms in total. The quantitative estimate of drug-likeness (QED) is 0.539. The third-order valence-corrected chi connectivity index (χ3v) is 4.15. The van der Waals surface area contributed by atoms with Gasteiger partial charge in [0.05, 0.1) is 29.8 Å². The number of aromatic amines is 1. The van der Waals surface area contributed by atoms with Gasteiger partial charge in [-0.25, -0.2) is 9.97 Å². The van der Waals surface area contributed by atoms with Crippen LogP contribution in [0.15, 0.2) is 55.1 Å².